The average Bonchev–Trinajstić information content (AvgIpc) is 2.26. The summed E-state index contributed by atoms with van der Waals surface area (Å²) in [5, 5.41) is 0.410. The van der Waals surface area contributed by atoms with E-state index in [-0.39, 0.29) is 0 Å². The third-order valence-electron chi connectivity index (χ3n) is 2.49. The maximum Gasteiger partial charge on any atom is 0.132 e. The predicted octanol–water partition coefficient (Wildman–Crippen LogP) is 3.73. The second-order valence-electron chi connectivity index (χ2n) is 3.89. The first kappa shape index (κ1) is 11.7. The number of aryl methyl sites for hydroxylation is 2. The molecule has 0 aliphatic carbocycles. The van der Waals surface area contributed by atoms with E-state index >= 15 is 0 Å². The summed E-state index contributed by atoms with van der Waals surface area (Å²) in [7, 11) is 0. The van der Waals surface area contributed by atoms with Crippen LogP contribution in [-0.2, 0) is 0 Å². The molecule has 17 heavy (non-hydrogen) atoms. The largest absolute Gasteiger partial charge is 0.457 e. The summed E-state index contributed by atoms with van der Waals surface area (Å²) < 4.78 is 5.75. The Hall–Kier alpha value is -1.74. The second-order valence-corrected chi connectivity index (χ2v) is 4.28. The summed E-state index contributed by atoms with van der Waals surface area (Å²) >= 11 is 5.80. The predicted molar refractivity (Wildman–Crippen MR) is 69.6 cm³/mol. The SMILES string of the molecule is Cc1cc(Oc2ccnc(Cl)c2)c(C)cc1N. The van der Waals surface area contributed by atoms with Crippen molar-refractivity contribution in [3.05, 3.63) is 46.7 Å². The molecule has 2 aromatic rings. The van der Waals surface area contributed by atoms with Crippen molar-refractivity contribution in [1.82, 2.24) is 4.98 Å². The van der Waals surface area contributed by atoms with Crippen molar-refractivity contribution in [2.75, 3.05) is 5.73 Å². The summed E-state index contributed by atoms with van der Waals surface area (Å²) in [6.45, 7) is 3.90. The molecule has 1 aromatic carbocycles. The highest BCUT2D eigenvalue weighted by Gasteiger charge is 2.05. The zero-order valence-electron chi connectivity index (χ0n) is 9.70. The third-order valence-corrected chi connectivity index (χ3v) is 2.70. The lowest BCUT2D eigenvalue weighted by Crippen LogP contribution is -1.94. The van der Waals surface area contributed by atoms with E-state index in [9.17, 15) is 0 Å². The first-order valence-corrected chi connectivity index (χ1v) is 5.60. The molecule has 2 N–H and O–H groups in total. The molecule has 0 radical (unpaired) electrons. The highest BCUT2D eigenvalue weighted by Crippen LogP contribution is 2.29. The Morgan fingerprint density at radius 1 is 1.18 bits per heavy atom. The molecule has 1 heterocycles. The van der Waals surface area contributed by atoms with Crippen molar-refractivity contribution >= 4 is 17.3 Å². The van der Waals surface area contributed by atoms with Gasteiger partial charge >= 0.3 is 0 Å². The lowest BCUT2D eigenvalue weighted by molar-refractivity contribution is 0.478. The van der Waals surface area contributed by atoms with Gasteiger partial charge in [-0.15, -0.1) is 0 Å². The minimum absolute atomic E-state index is 0.410. The van der Waals surface area contributed by atoms with Gasteiger partial charge in [0.05, 0.1) is 0 Å². The van der Waals surface area contributed by atoms with Crippen molar-refractivity contribution in [3.8, 4) is 11.5 Å². The van der Waals surface area contributed by atoms with Crippen molar-refractivity contribution in [2.24, 2.45) is 0 Å². The molecular formula is C13H13ClN2O. The summed E-state index contributed by atoms with van der Waals surface area (Å²) in [6, 6.07) is 7.25. The maximum atomic E-state index is 5.82. The van der Waals surface area contributed by atoms with Crippen LogP contribution in [0.15, 0.2) is 30.5 Å². The number of ether oxygens (including phenoxy) is 1. The first-order valence-electron chi connectivity index (χ1n) is 5.22. The number of halogens is 1. The summed E-state index contributed by atoms with van der Waals surface area (Å²) in [5.74, 6) is 1.44. The molecule has 3 nitrogen and oxygen atoms in total. The van der Waals surface area contributed by atoms with Gasteiger partial charge < -0.3 is 10.5 Å². The Labute approximate surface area is 105 Å². The molecule has 0 amide bonds. The van der Waals surface area contributed by atoms with E-state index in [4.69, 9.17) is 22.1 Å². The molecule has 4 heteroatoms. The average molecular weight is 249 g/mol. The third kappa shape index (κ3) is 2.68. The lowest BCUT2D eigenvalue weighted by Gasteiger charge is -2.11. The van der Waals surface area contributed by atoms with Gasteiger partial charge in [0.25, 0.3) is 0 Å². The van der Waals surface area contributed by atoms with E-state index in [1.807, 2.05) is 26.0 Å². The summed E-state index contributed by atoms with van der Waals surface area (Å²) in [4.78, 5) is 3.90. The molecule has 0 fully saturated rings. The van der Waals surface area contributed by atoms with Crippen LogP contribution in [0.25, 0.3) is 0 Å². The smallest absolute Gasteiger partial charge is 0.132 e. The number of hydrogen-bond acceptors (Lipinski definition) is 3. The molecule has 0 saturated carbocycles. The molecule has 2 rings (SSSR count). The van der Waals surface area contributed by atoms with Gasteiger partial charge in [0.1, 0.15) is 16.7 Å². The van der Waals surface area contributed by atoms with Gasteiger partial charge in [0.15, 0.2) is 0 Å². The highest BCUT2D eigenvalue weighted by molar-refractivity contribution is 6.29. The highest BCUT2D eigenvalue weighted by atomic mass is 35.5. The number of pyridine rings is 1. The number of benzene rings is 1. The molecule has 0 aliphatic heterocycles. The fourth-order valence-corrected chi connectivity index (χ4v) is 1.66. The topological polar surface area (TPSA) is 48.1 Å². The molecule has 0 atom stereocenters. The molecular weight excluding hydrogens is 236 g/mol. The molecule has 0 unspecified atom stereocenters. The normalized spacial score (nSPS) is 10.3. The number of anilines is 1. The quantitative estimate of drug-likeness (QED) is 0.651. The number of rotatable bonds is 2. The van der Waals surface area contributed by atoms with Gasteiger partial charge in [-0.1, -0.05) is 11.6 Å². The lowest BCUT2D eigenvalue weighted by atomic mass is 10.1. The molecule has 0 aliphatic rings. The van der Waals surface area contributed by atoms with Crippen LogP contribution in [0.5, 0.6) is 11.5 Å². The van der Waals surface area contributed by atoms with Crippen LogP contribution >= 0.6 is 11.6 Å². The number of nitrogen functional groups attached to an aromatic ring is 1. The van der Waals surface area contributed by atoms with Crippen LogP contribution in [0.1, 0.15) is 11.1 Å². The number of nitrogens with two attached hydrogens (primary N) is 1. The molecule has 0 saturated heterocycles. The van der Waals surface area contributed by atoms with Crippen LogP contribution in [-0.4, -0.2) is 4.98 Å². The summed E-state index contributed by atoms with van der Waals surface area (Å²) in [6.07, 6.45) is 1.61. The minimum atomic E-state index is 0.410. The van der Waals surface area contributed by atoms with Crippen LogP contribution in [0.4, 0.5) is 5.69 Å². The van der Waals surface area contributed by atoms with Gasteiger partial charge in [-0.25, -0.2) is 4.98 Å². The van der Waals surface area contributed by atoms with Crippen molar-refractivity contribution < 1.29 is 4.74 Å². The number of hydrogen-bond donors (Lipinski definition) is 1. The minimum Gasteiger partial charge on any atom is -0.457 e. The Bertz CT molecular complexity index is 555. The van der Waals surface area contributed by atoms with Crippen LogP contribution < -0.4 is 10.5 Å². The monoisotopic (exact) mass is 248 g/mol. The van der Waals surface area contributed by atoms with Crippen molar-refractivity contribution in [3.63, 3.8) is 0 Å². The first-order chi connectivity index (χ1) is 8.06. The number of aromatic nitrogens is 1. The Morgan fingerprint density at radius 2 is 1.94 bits per heavy atom. The van der Waals surface area contributed by atoms with Crippen LogP contribution in [0.3, 0.4) is 0 Å². The zero-order valence-corrected chi connectivity index (χ0v) is 10.5. The van der Waals surface area contributed by atoms with E-state index in [2.05, 4.69) is 4.98 Å². The van der Waals surface area contributed by atoms with E-state index < -0.39 is 0 Å². The molecule has 0 bridgehead atoms. The fourth-order valence-electron chi connectivity index (χ4n) is 1.50. The second kappa shape index (κ2) is 4.63. The van der Waals surface area contributed by atoms with Gasteiger partial charge in [-0.3, -0.25) is 0 Å². The van der Waals surface area contributed by atoms with Crippen molar-refractivity contribution in [2.45, 2.75) is 13.8 Å². The van der Waals surface area contributed by atoms with Gasteiger partial charge in [-0.2, -0.15) is 0 Å². The van der Waals surface area contributed by atoms with Gasteiger partial charge in [0.2, 0.25) is 0 Å². The van der Waals surface area contributed by atoms with Crippen LogP contribution in [0, 0.1) is 13.8 Å². The summed E-state index contributed by atoms with van der Waals surface area (Å²) in [5.41, 5.74) is 8.57. The molecule has 1 aromatic heterocycles. The Balaban J connectivity index is 2.33. The van der Waals surface area contributed by atoms with E-state index in [0.717, 1.165) is 22.6 Å². The maximum absolute atomic E-state index is 5.82. The fraction of sp³-hybridized carbons (Fsp3) is 0.154. The van der Waals surface area contributed by atoms with Crippen LogP contribution in [0.2, 0.25) is 5.15 Å². The van der Waals surface area contributed by atoms with Gasteiger partial charge in [0, 0.05) is 18.0 Å². The van der Waals surface area contributed by atoms with Crippen molar-refractivity contribution in [1.29, 1.82) is 0 Å². The van der Waals surface area contributed by atoms with E-state index in [0.29, 0.717) is 10.9 Å². The zero-order chi connectivity index (χ0) is 12.4. The Morgan fingerprint density at radius 3 is 2.65 bits per heavy atom. The molecule has 0 spiro atoms. The van der Waals surface area contributed by atoms with E-state index in [1.54, 1.807) is 18.3 Å². The number of nitrogens with zero attached hydrogens (tertiary/aromatic N) is 1. The van der Waals surface area contributed by atoms with Gasteiger partial charge in [-0.05, 0) is 43.2 Å². The molecule has 88 valence electrons. The Kier molecular flexibility index (Phi) is 3.20. The standard InChI is InChI=1S/C13H13ClN2O/c1-8-6-12(9(2)5-11(8)15)17-10-3-4-16-13(14)7-10/h3-7H,15H2,1-2H3. The van der Waals surface area contributed by atoms with E-state index in [1.165, 1.54) is 0 Å².